The molecule has 2 aromatic carbocycles. The van der Waals surface area contributed by atoms with Crippen molar-refractivity contribution in [1.82, 2.24) is 0 Å². The standard InChI is InChI=1S/C16H12NO2/c1-10-7-8-12-13(9-10)17-16(19)14(12)15(18)11-5-3-2-4-6-11/h2-9,14H,1H2,(H,17,19). The van der Waals surface area contributed by atoms with Crippen LogP contribution >= 0.6 is 0 Å². The van der Waals surface area contributed by atoms with E-state index in [1.54, 1.807) is 36.4 Å². The fourth-order valence-corrected chi connectivity index (χ4v) is 2.34. The molecule has 0 bridgehead atoms. The van der Waals surface area contributed by atoms with E-state index in [4.69, 9.17) is 0 Å². The Morgan fingerprint density at radius 3 is 2.58 bits per heavy atom. The van der Waals surface area contributed by atoms with E-state index in [0.717, 1.165) is 11.1 Å². The number of Topliss-reactive ketones (excluding diaryl/α,β-unsaturated/α-hetero) is 1. The zero-order chi connectivity index (χ0) is 13.4. The van der Waals surface area contributed by atoms with Gasteiger partial charge in [0.15, 0.2) is 5.78 Å². The van der Waals surface area contributed by atoms with Crippen molar-refractivity contribution >= 4 is 17.4 Å². The molecule has 1 unspecified atom stereocenters. The quantitative estimate of drug-likeness (QED) is 0.658. The smallest absolute Gasteiger partial charge is 0.239 e. The molecule has 1 aliphatic heterocycles. The Hall–Kier alpha value is -2.42. The summed E-state index contributed by atoms with van der Waals surface area (Å²) in [5.41, 5.74) is 2.78. The minimum Gasteiger partial charge on any atom is -0.325 e. The molecule has 0 aliphatic carbocycles. The Morgan fingerprint density at radius 2 is 1.84 bits per heavy atom. The summed E-state index contributed by atoms with van der Waals surface area (Å²) in [6.07, 6.45) is 0. The molecular formula is C16H12NO2. The average molecular weight is 250 g/mol. The van der Waals surface area contributed by atoms with Gasteiger partial charge < -0.3 is 5.32 Å². The SMILES string of the molecule is [CH2]c1ccc2c(c1)NC(=O)C2C(=O)c1ccccc1. The van der Waals surface area contributed by atoms with E-state index in [2.05, 4.69) is 12.2 Å². The highest BCUT2D eigenvalue weighted by Gasteiger charge is 2.36. The second kappa shape index (κ2) is 4.35. The van der Waals surface area contributed by atoms with Crippen molar-refractivity contribution in [2.45, 2.75) is 5.92 Å². The summed E-state index contributed by atoms with van der Waals surface area (Å²) in [6, 6.07) is 14.3. The largest absolute Gasteiger partial charge is 0.325 e. The number of amides is 1. The molecule has 3 nitrogen and oxygen atoms in total. The van der Waals surface area contributed by atoms with Gasteiger partial charge in [-0.25, -0.2) is 0 Å². The van der Waals surface area contributed by atoms with Gasteiger partial charge >= 0.3 is 0 Å². The van der Waals surface area contributed by atoms with Crippen LogP contribution in [-0.4, -0.2) is 11.7 Å². The van der Waals surface area contributed by atoms with Crippen LogP contribution < -0.4 is 5.32 Å². The number of carbonyl (C=O) groups is 2. The molecule has 1 N–H and O–H groups in total. The van der Waals surface area contributed by atoms with Crippen LogP contribution in [-0.2, 0) is 4.79 Å². The van der Waals surface area contributed by atoms with Crippen molar-refractivity contribution in [2.75, 3.05) is 5.32 Å². The van der Waals surface area contributed by atoms with Gasteiger partial charge in [0, 0.05) is 11.3 Å². The van der Waals surface area contributed by atoms with Crippen LogP contribution in [0.15, 0.2) is 48.5 Å². The zero-order valence-corrected chi connectivity index (χ0v) is 10.2. The number of nitrogens with one attached hydrogen (secondary N) is 1. The highest BCUT2D eigenvalue weighted by atomic mass is 16.2. The van der Waals surface area contributed by atoms with Gasteiger partial charge in [0.05, 0.1) is 0 Å². The van der Waals surface area contributed by atoms with Crippen molar-refractivity contribution in [3.05, 3.63) is 72.1 Å². The molecule has 0 aromatic heterocycles. The number of hydrogen-bond acceptors (Lipinski definition) is 2. The molecule has 0 saturated carbocycles. The van der Waals surface area contributed by atoms with Crippen LogP contribution in [0.1, 0.15) is 27.4 Å². The topological polar surface area (TPSA) is 46.2 Å². The molecule has 3 rings (SSSR count). The van der Waals surface area contributed by atoms with E-state index in [-0.39, 0.29) is 11.7 Å². The first-order valence-corrected chi connectivity index (χ1v) is 6.03. The van der Waals surface area contributed by atoms with Gasteiger partial charge in [-0.3, -0.25) is 9.59 Å². The maximum Gasteiger partial charge on any atom is 0.239 e. The number of hydrogen-bond donors (Lipinski definition) is 1. The van der Waals surface area contributed by atoms with Crippen LogP contribution in [0.5, 0.6) is 0 Å². The third kappa shape index (κ3) is 1.93. The Labute approximate surface area is 111 Å². The fourth-order valence-electron chi connectivity index (χ4n) is 2.34. The number of benzene rings is 2. The normalized spacial score (nSPS) is 16.9. The van der Waals surface area contributed by atoms with E-state index >= 15 is 0 Å². The van der Waals surface area contributed by atoms with Crippen LogP contribution in [0.2, 0.25) is 0 Å². The van der Waals surface area contributed by atoms with Crippen molar-refractivity contribution < 1.29 is 9.59 Å². The first kappa shape index (κ1) is 11.7. The third-order valence-corrected chi connectivity index (χ3v) is 3.27. The van der Waals surface area contributed by atoms with E-state index < -0.39 is 5.92 Å². The van der Waals surface area contributed by atoms with Crippen LogP contribution in [0.3, 0.4) is 0 Å². The molecule has 1 heterocycles. The Bertz CT molecular complexity index is 662. The molecule has 0 fully saturated rings. The first-order chi connectivity index (χ1) is 9.16. The van der Waals surface area contributed by atoms with Crippen molar-refractivity contribution in [1.29, 1.82) is 0 Å². The van der Waals surface area contributed by atoms with Crippen molar-refractivity contribution in [3.8, 4) is 0 Å². The van der Waals surface area contributed by atoms with Gasteiger partial charge in [-0.15, -0.1) is 0 Å². The van der Waals surface area contributed by atoms with E-state index in [0.29, 0.717) is 11.3 Å². The summed E-state index contributed by atoms with van der Waals surface area (Å²) in [6.45, 7) is 3.81. The molecule has 1 radical (unpaired) electrons. The van der Waals surface area contributed by atoms with Gasteiger partial charge in [-0.1, -0.05) is 42.5 Å². The maximum atomic E-state index is 12.4. The lowest BCUT2D eigenvalue weighted by molar-refractivity contribution is -0.116. The lowest BCUT2D eigenvalue weighted by Crippen LogP contribution is -2.20. The summed E-state index contributed by atoms with van der Waals surface area (Å²) in [5, 5.41) is 2.74. The lowest BCUT2D eigenvalue weighted by atomic mass is 9.91. The Morgan fingerprint density at radius 1 is 1.11 bits per heavy atom. The number of carbonyl (C=O) groups excluding carboxylic acids is 2. The number of ketones is 1. The van der Waals surface area contributed by atoms with E-state index in [1.165, 1.54) is 0 Å². The summed E-state index contributed by atoms with van der Waals surface area (Å²) in [5.74, 6) is -1.19. The summed E-state index contributed by atoms with van der Waals surface area (Å²) in [4.78, 5) is 24.4. The molecule has 93 valence electrons. The van der Waals surface area contributed by atoms with E-state index in [9.17, 15) is 9.59 Å². The first-order valence-electron chi connectivity index (χ1n) is 6.03. The summed E-state index contributed by atoms with van der Waals surface area (Å²) < 4.78 is 0. The van der Waals surface area contributed by atoms with E-state index in [1.807, 2.05) is 12.1 Å². The Balaban J connectivity index is 2.03. The second-order valence-electron chi connectivity index (χ2n) is 4.57. The zero-order valence-electron chi connectivity index (χ0n) is 10.2. The molecular weight excluding hydrogens is 238 g/mol. The number of rotatable bonds is 2. The number of anilines is 1. The molecule has 0 saturated heterocycles. The van der Waals surface area contributed by atoms with Crippen molar-refractivity contribution in [3.63, 3.8) is 0 Å². The second-order valence-corrected chi connectivity index (χ2v) is 4.57. The van der Waals surface area contributed by atoms with Gasteiger partial charge in [-0.2, -0.15) is 0 Å². The monoisotopic (exact) mass is 250 g/mol. The minimum absolute atomic E-state index is 0.173. The predicted molar refractivity (Wildman–Crippen MR) is 73.0 cm³/mol. The van der Waals surface area contributed by atoms with Crippen LogP contribution in [0.25, 0.3) is 0 Å². The highest BCUT2D eigenvalue weighted by molar-refractivity contribution is 6.21. The highest BCUT2D eigenvalue weighted by Crippen LogP contribution is 2.35. The number of fused-ring (bicyclic) bond motifs is 1. The molecule has 19 heavy (non-hydrogen) atoms. The van der Waals surface area contributed by atoms with Gasteiger partial charge in [0.25, 0.3) is 0 Å². The summed E-state index contributed by atoms with van der Waals surface area (Å²) in [7, 11) is 0. The molecule has 1 atom stereocenters. The molecule has 3 heteroatoms. The van der Waals surface area contributed by atoms with Gasteiger partial charge in [-0.05, 0) is 24.1 Å². The maximum absolute atomic E-state index is 12.4. The predicted octanol–water partition coefficient (Wildman–Crippen LogP) is 2.79. The third-order valence-electron chi connectivity index (χ3n) is 3.27. The van der Waals surface area contributed by atoms with Gasteiger partial charge in [0.2, 0.25) is 5.91 Å². The molecule has 1 aliphatic rings. The lowest BCUT2D eigenvalue weighted by Gasteiger charge is -2.07. The fraction of sp³-hybridized carbons (Fsp3) is 0.0625. The molecule has 1 amide bonds. The average Bonchev–Trinajstić information content (AvgIpc) is 2.74. The van der Waals surface area contributed by atoms with Crippen LogP contribution in [0, 0.1) is 6.92 Å². The van der Waals surface area contributed by atoms with Crippen LogP contribution in [0.4, 0.5) is 5.69 Å². The summed E-state index contributed by atoms with van der Waals surface area (Å²) >= 11 is 0. The Kier molecular flexibility index (Phi) is 2.67. The van der Waals surface area contributed by atoms with Crippen molar-refractivity contribution in [2.24, 2.45) is 0 Å². The van der Waals surface area contributed by atoms with Gasteiger partial charge in [0.1, 0.15) is 5.92 Å². The molecule has 0 spiro atoms. The minimum atomic E-state index is -0.752. The molecule has 2 aromatic rings.